The molecule has 0 amide bonds. The maximum atomic E-state index is 12.7. The van der Waals surface area contributed by atoms with Crippen molar-refractivity contribution in [1.29, 1.82) is 0 Å². The summed E-state index contributed by atoms with van der Waals surface area (Å²) >= 11 is 0. The molecule has 0 unspecified atom stereocenters. The van der Waals surface area contributed by atoms with Crippen molar-refractivity contribution in [1.82, 2.24) is 24.8 Å². The summed E-state index contributed by atoms with van der Waals surface area (Å²) in [6.07, 6.45) is 2.80. The first kappa shape index (κ1) is 20.3. The number of methoxy groups -OCH3 is 1. The van der Waals surface area contributed by atoms with Crippen LogP contribution in [0.15, 0.2) is 59.5 Å². The molecule has 1 aliphatic heterocycles. The fourth-order valence-corrected chi connectivity index (χ4v) is 4.18. The van der Waals surface area contributed by atoms with Gasteiger partial charge in [0.1, 0.15) is 11.3 Å². The molecule has 3 heterocycles. The van der Waals surface area contributed by atoms with Crippen molar-refractivity contribution in [3.63, 3.8) is 0 Å². The van der Waals surface area contributed by atoms with Crippen molar-refractivity contribution in [2.24, 2.45) is 5.92 Å². The van der Waals surface area contributed by atoms with E-state index in [2.05, 4.69) is 43.8 Å². The second-order valence-electron chi connectivity index (χ2n) is 8.08. The lowest BCUT2D eigenvalue weighted by Crippen LogP contribution is -2.19. The number of H-pyrrole nitrogens is 1. The van der Waals surface area contributed by atoms with Crippen LogP contribution in [0.1, 0.15) is 12.0 Å². The van der Waals surface area contributed by atoms with Gasteiger partial charge < -0.3 is 20.4 Å². The number of rotatable bonds is 7. The van der Waals surface area contributed by atoms with Crippen LogP contribution in [0.4, 0.5) is 5.95 Å². The SMILES string of the molecule is COc1ccc(-c2ccccc2)cc1Cn1c(=O)[nH]c2cnc(NC[C@@H]3CCNC3)nc21. The van der Waals surface area contributed by atoms with Crippen LogP contribution in [0.3, 0.4) is 0 Å². The fourth-order valence-electron chi connectivity index (χ4n) is 4.18. The molecule has 1 saturated heterocycles. The highest BCUT2D eigenvalue weighted by Gasteiger charge is 2.16. The first-order valence-corrected chi connectivity index (χ1v) is 10.8. The molecule has 1 atom stereocenters. The van der Waals surface area contributed by atoms with E-state index in [1.54, 1.807) is 17.9 Å². The van der Waals surface area contributed by atoms with Gasteiger partial charge in [-0.25, -0.2) is 9.78 Å². The van der Waals surface area contributed by atoms with Crippen LogP contribution in [-0.4, -0.2) is 46.3 Å². The Morgan fingerprint density at radius 2 is 2.06 bits per heavy atom. The number of ether oxygens (including phenoxy) is 1. The van der Waals surface area contributed by atoms with Crippen LogP contribution in [-0.2, 0) is 6.54 Å². The molecule has 0 bridgehead atoms. The summed E-state index contributed by atoms with van der Waals surface area (Å²) in [6.45, 7) is 3.20. The van der Waals surface area contributed by atoms with Crippen LogP contribution in [0, 0.1) is 5.92 Å². The van der Waals surface area contributed by atoms with Crippen LogP contribution in [0.2, 0.25) is 0 Å². The lowest BCUT2D eigenvalue weighted by atomic mass is 10.0. The molecule has 5 rings (SSSR count). The van der Waals surface area contributed by atoms with E-state index in [0.29, 0.717) is 29.6 Å². The number of imidazole rings is 1. The van der Waals surface area contributed by atoms with E-state index in [1.165, 1.54) is 0 Å². The van der Waals surface area contributed by atoms with E-state index < -0.39 is 0 Å². The zero-order valence-electron chi connectivity index (χ0n) is 18.0. The molecule has 0 saturated carbocycles. The lowest BCUT2D eigenvalue weighted by Gasteiger charge is -2.12. The largest absolute Gasteiger partial charge is 0.496 e. The second-order valence-corrected chi connectivity index (χ2v) is 8.08. The number of hydrogen-bond acceptors (Lipinski definition) is 6. The number of nitrogens with zero attached hydrogens (tertiary/aromatic N) is 3. The Balaban J connectivity index is 1.47. The Morgan fingerprint density at radius 3 is 2.84 bits per heavy atom. The molecule has 2 aromatic heterocycles. The van der Waals surface area contributed by atoms with Gasteiger partial charge in [0.05, 0.1) is 19.9 Å². The van der Waals surface area contributed by atoms with E-state index in [-0.39, 0.29) is 5.69 Å². The third-order valence-corrected chi connectivity index (χ3v) is 5.94. The molecule has 4 aromatic rings. The quantitative estimate of drug-likeness (QED) is 0.417. The molecule has 2 aromatic carbocycles. The van der Waals surface area contributed by atoms with Crippen molar-refractivity contribution in [2.45, 2.75) is 13.0 Å². The van der Waals surface area contributed by atoms with Crippen molar-refractivity contribution in [2.75, 3.05) is 32.1 Å². The van der Waals surface area contributed by atoms with Crippen molar-refractivity contribution < 1.29 is 4.74 Å². The lowest BCUT2D eigenvalue weighted by molar-refractivity contribution is 0.408. The molecule has 1 aliphatic rings. The van der Waals surface area contributed by atoms with Gasteiger partial charge in [-0.2, -0.15) is 4.98 Å². The van der Waals surface area contributed by atoms with Gasteiger partial charge in [-0.15, -0.1) is 0 Å². The number of hydrogen-bond donors (Lipinski definition) is 3. The molecule has 1 fully saturated rings. The Hall–Kier alpha value is -3.65. The van der Waals surface area contributed by atoms with Gasteiger partial charge in [0.2, 0.25) is 5.95 Å². The minimum absolute atomic E-state index is 0.224. The number of aromatic nitrogens is 4. The molecular formula is C24H26N6O2. The molecule has 8 heteroatoms. The van der Waals surface area contributed by atoms with E-state index >= 15 is 0 Å². The maximum Gasteiger partial charge on any atom is 0.328 e. The molecule has 0 radical (unpaired) electrons. The highest BCUT2D eigenvalue weighted by molar-refractivity contribution is 5.71. The highest BCUT2D eigenvalue weighted by atomic mass is 16.5. The topological polar surface area (TPSA) is 96.9 Å². The Labute approximate surface area is 185 Å². The minimum atomic E-state index is -0.224. The van der Waals surface area contributed by atoms with Gasteiger partial charge in [-0.1, -0.05) is 36.4 Å². The van der Waals surface area contributed by atoms with Gasteiger partial charge in [-0.3, -0.25) is 4.57 Å². The molecule has 0 spiro atoms. The van der Waals surface area contributed by atoms with Crippen LogP contribution in [0.5, 0.6) is 5.75 Å². The Morgan fingerprint density at radius 1 is 1.19 bits per heavy atom. The van der Waals surface area contributed by atoms with Crippen molar-refractivity contribution >= 4 is 17.1 Å². The highest BCUT2D eigenvalue weighted by Crippen LogP contribution is 2.27. The zero-order chi connectivity index (χ0) is 21.9. The predicted octanol–water partition coefficient (Wildman–Crippen LogP) is 2.86. The van der Waals surface area contributed by atoms with Crippen LogP contribution in [0.25, 0.3) is 22.3 Å². The first-order chi connectivity index (χ1) is 15.7. The first-order valence-electron chi connectivity index (χ1n) is 10.8. The summed E-state index contributed by atoms with van der Waals surface area (Å²) in [5.74, 6) is 1.82. The number of fused-ring (bicyclic) bond motifs is 1. The van der Waals surface area contributed by atoms with E-state index in [9.17, 15) is 4.79 Å². The zero-order valence-corrected chi connectivity index (χ0v) is 18.0. The summed E-state index contributed by atoms with van der Waals surface area (Å²) in [4.78, 5) is 24.6. The molecule has 3 N–H and O–H groups in total. The van der Waals surface area contributed by atoms with Gasteiger partial charge in [0, 0.05) is 12.1 Å². The van der Waals surface area contributed by atoms with Gasteiger partial charge >= 0.3 is 5.69 Å². The van der Waals surface area contributed by atoms with E-state index in [4.69, 9.17) is 4.74 Å². The van der Waals surface area contributed by atoms with E-state index in [1.807, 2.05) is 30.3 Å². The minimum Gasteiger partial charge on any atom is -0.496 e. The number of benzene rings is 2. The van der Waals surface area contributed by atoms with E-state index in [0.717, 1.165) is 48.5 Å². The molecule has 32 heavy (non-hydrogen) atoms. The number of nitrogens with one attached hydrogen (secondary N) is 3. The third kappa shape index (κ3) is 4.09. The normalized spacial score (nSPS) is 15.8. The number of anilines is 1. The Bertz CT molecular complexity index is 1270. The maximum absolute atomic E-state index is 12.7. The smallest absolute Gasteiger partial charge is 0.328 e. The Kier molecular flexibility index (Phi) is 5.60. The van der Waals surface area contributed by atoms with Gasteiger partial charge in [-0.05, 0) is 48.7 Å². The summed E-state index contributed by atoms with van der Waals surface area (Å²) in [5.41, 5.74) is 4.04. The van der Waals surface area contributed by atoms with Crippen molar-refractivity contribution in [3.8, 4) is 16.9 Å². The van der Waals surface area contributed by atoms with Crippen LogP contribution < -0.4 is 21.1 Å². The predicted molar refractivity (Wildman–Crippen MR) is 125 cm³/mol. The van der Waals surface area contributed by atoms with Crippen molar-refractivity contribution in [3.05, 3.63) is 70.8 Å². The summed E-state index contributed by atoms with van der Waals surface area (Å²) in [5, 5.41) is 6.68. The molecule has 0 aliphatic carbocycles. The molecule has 8 nitrogen and oxygen atoms in total. The summed E-state index contributed by atoms with van der Waals surface area (Å²) in [6, 6.07) is 16.2. The standard InChI is InChI=1S/C24H26N6O2/c1-32-21-8-7-18(17-5-3-2-4-6-17)11-19(21)15-30-22-20(28-24(30)31)14-27-23(29-22)26-13-16-9-10-25-12-16/h2-8,11,14,16,25H,9-10,12-13,15H2,1H3,(H,28,31)(H,26,27,29)/t16-/m1/s1. The number of aromatic amines is 1. The third-order valence-electron chi connectivity index (χ3n) is 5.94. The monoisotopic (exact) mass is 430 g/mol. The van der Waals surface area contributed by atoms with Gasteiger partial charge in [0.25, 0.3) is 0 Å². The summed E-state index contributed by atoms with van der Waals surface area (Å²) < 4.78 is 7.21. The summed E-state index contributed by atoms with van der Waals surface area (Å²) in [7, 11) is 1.64. The average molecular weight is 431 g/mol. The van der Waals surface area contributed by atoms with Crippen LogP contribution >= 0.6 is 0 Å². The second kappa shape index (κ2) is 8.84. The average Bonchev–Trinajstić information content (AvgIpc) is 3.46. The molecular weight excluding hydrogens is 404 g/mol. The molecule has 164 valence electrons. The fraction of sp³-hybridized carbons (Fsp3) is 0.292. The van der Waals surface area contributed by atoms with Gasteiger partial charge in [0.15, 0.2) is 5.65 Å².